The van der Waals surface area contributed by atoms with Crippen molar-refractivity contribution in [2.75, 3.05) is 11.2 Å². The highest BCUT2D eigenvalue weighted by atomic mass is 35.5. The average Bonchev–Trinajstić information content (AvgIpc) is 2.31. The number of carbonyl (C=O) groups excluding carboxylic acids is 1. The molecule has 1 rings (SSSR count). The number of carboxylic acid groups (broad SMARTS) is 1. The lowest BCUT2D eigenvalue weighted by molar-refractivity contribution is -0.116. The lowest BCUT2D eigenvalue weighted by Gasteiger charge is -2.06. The lowest BCUT2D eigenvalue weighted by atomic mass is 10.2. The molecular weight excluding hydrogens is 261 g/mol. The van der Waals surface area contributed by atoms with E-state index in [1.807, 2.05) is 0 Å². The van der Waals surface area contributed by atoms with Crippen LogP contribution >= 0.6 is 11.6 Å². The monoisotopic (exact) mass is 273 g/mol. The number of carbonyl (C=O) groups is 2. The van der Waals surface area contributed by atoms with Crippen LogP contribution in [0.2, 0.25) is 0 Å². The molecule has 0 aliphatic carbocycles. The van der Waals surface area contributed by atoms with Gasteiger partial charge in [-0.2, -0.15) is 0 Å². The first-order valence-electron chi connectivity index (χ1n) is 5.43. The highest BCUT2D eigenvalue weighted by molar-refractivity contribution is 6.17. The number of carboxylic acids is 1. The molecular formula is C12H13ClFNO3. The maximum atomic E-state index is 13.1. The molecule has 0 radical (unpaired) electrons. The molecule has 1 aromatic carbocycles. The van der Waals surface area contributed by atoms with E-state index in [0.717, 1.165) is 18.6 Å². The van der Waals surface area contributed by atoms with Gasteiger partial charge in [-0.25, -0.2) is 9.18 Å². The number of aromatic carboxylic acids is 1. The van der Waals surface area contributed by atoms with Crippen molar-refractivity contribution in [2.24, 2.45) is 0 Å². The van der Waals surface area contributed by atoms with E-state index < -0.39 is 17.3 Å². The number of unbranched alkanes of at least 4 members (excludes halogenated alkanes) is 1. The van der Waals surface area contributed by atoms with Crippen LogP contribution in [0.4, 0.5) is 10.1 Å². The number of alkyl halides is 1. The van der Waals surface area contributed by atoms with Crippen LogP contribution < -0.4 is 5.32 Å². The van der Waals surface area contributed by atoms with Crippen molar-refractivity contribution in [3.63, 3.8) is 0 Å². The van der Waals surface area contributed by atoms with E-state index in [4.69, 9.17) is 16.7 Å². The number of anilines is 1. The number of hydrogen-bond donors (Lipinski definition) is 2. The average molecular weight is 274 g/mol. The summed E-state index contributed by atoms with van der Waals surface area (Å²) in [6.45, 7) is 0. The van der Waals surface area contributed by atoms with E-state index in [2.05, 4.69) is 5.32 Å². The van der Waals surface area contributed by atoms with E-state index in [0.29, 0.717) is 18.7 Å². The van der Waals surface area contributed by atoms with Gasteiger partial charge in [-0.1, -0.05) is 0 Å². The van der Waals surface area contributed by atoms with Gasteiger partial charge in [-0.3, -0.25) is 4.79 Å². The summed E-state index contributed by atoms with van der Waals surface area (Å²) < 4.78 is 13.1. The molecule has 4 nitrogen and oxygen atoms in total. The molecule has 1 aromatic rings. The van der Waals surface area contributed by atoms with Gasteiger partial charge in [0.15, 0.2) is 0 Å². The van der Waals surface area contributed by atoms with Gasteiger partial charge in [0.25, 0.3) is 0 Å². The standard InChI is InChI=1S/C12H13ClFNO3/c13-6-2-1-3-11(16)15-8-4-5-10(14)9(7-8)12(17)18/h4-5,7H,1-3,6H2,(H,15,16)(H,17,18). The molecule has 18 heavy (non-hydrogen) atoms. The Labute approximate surface area is 109 Å². The van der Waals surface area contributed by atoms with Gasteiger partial charge >= 0.3 is 5.97 Å². The van der Waals surface area contributed by atoms with Crippen molar-refractivity contribution in [2.45, 2.75) is 19.3 Å². The fourth-order valence-corrected chi connectivity index (χ4v) is 1.56. The molecule has 6 heteroatoms. The number of hydrogen-bond acceptors (Lipinski definition) is 2. The smallest absolute Gasteiger partial charge is 0.338 e. The Morgan fingerprint density at radius 2 is 2.06 bits per heavy atom. The first kappa shape index (κ1) is 14.4. The molecule has 0 aliphatic rings. The molecule has 2 N–H and O–H groups in total. The molecule has 0 atom stereocenters. The molecule has 0 bridgehead atoms. The summed E-state index contributed by atoms with van der Waals surface area (Å²) in [7, 11) is 0. The van der Waals surface area contributed by atoms with Crippen molar-refractivity contribution in [3.8, 4) is 0 Å². The summed E-state index contributed by atoms with van der Waals surface area (Å²) in [4.78, 5) is 22.2. The first-order chi connectivity index (χ1) is 8.54. The topological polar surface area (TPSA) is 66.4 Å². The summed E-state index contributed by atoms with van der Waals surface area (Å²) in [6.07, 6.45) is 1.69. The van der Waals surface area contributed by atoms with E-state index in [9.17, 15) is 14.0 Å². The first-order valence-corrected chi connectivity index (χ1v) is 5.96. The number of rotatable bonds is 6. The molecule has 0 saturated heterocycles. The van der Waals surface area contributed by atoms with Crippen molar-refractivity contribution in [1.29, 1.82) is 0 Å². The molecule has 0 saturated carbocycles. The van der Waals surface area contributed by atoms with Crippen molar-refractivity contribution in [3.05, 3.63) is 29.6 Å². The van der Waals surface area contributed by atoms with Crippen LogP contribution in [-0.2, 0) is 4.79 Å². The summed E-state index contributed by atoms with van der Waals surface area (Å²) >= 11 is 5.48. The van der Waals surface area contributed by atoms with Crippen LogP contribution in [0.3, 0.4) is 0 Å². The van der Waals surface area contributed by atoms with Gasteiger partial charge < -0.3 is 10.4 Å². The SMILES string of the molecule is O=C(CCCCCl)Nc1ccc(F)c(C(=O)O)c1. The van der Waals surface area contributed by atoms with Gasteiger partial charge in [-0.15, -0.1) is 11.6 Å². The normalized spacial score (nSPS) is 10.1. The Kier molecular flexibility index (Phi) is 5.58. The molecule has 1 amide bonds. The Morgan fingerprint density at radius 3 is 2.67 bits per heavy atom. The third kappa shape index (κ3) is 4.33. The Morgan fingerprint density at radius 1 is 1.33 bits per heavy atom. The minimum atomic E-state index is -1.37. The summed E-state index contributed by atoms with van der Waals surface area (Å²) in [6, 6.07) is 3.43. The molecule has 0 spiro atoms. The van der Waals surface area contributed by atoms with E-state index in [1.54, 1.807) is 0 Å². The minimum absolute atomic E-state index is 0.247. The van der Waals surface area contributed by atoms with Crippen LogP contribution in [0.25, 0.3) is 0 Å². The van der Waals surface area contributed by atoms with E-state index in [-0.39, 0.29) is 11.6 Å². The predicted octanol–water partition coefficient (Wildman–Crippen LogP) is 2.87. The zero-order chi connectivity index (χ0) is 13.5. The third-order valence-corrected chi connectivity index (χ3v) is 2.54. The minimum Gasteiger partial charge on any atom is -0.478 e. The van der Waals surface area contributed by atoms with Gasteiger partial charge in [-0.05, 0) is 31.0 Å². The largest absolute Gasteiger partial charge is 0.478 e. The van der Waals surface area contributed by atoms with Crippen molar-refractivity contribution in [1.82, 2.24) is 0 Å². The van der Waals surface area contributed by atoms with E-state index in [1.165, 1.54) is 6.07 Å². The van der Waals surface area contributed by atoms with Crippen LogP contribution in [0, 0.1) is 5.82 Å². The van der Waals surface area contributed by atoms with Gasteiger partial charge in [0, 0.05) is 18.0 Å². The zero-order valence-corrected chi connectivity index (χ0v) is 10.3. The zero-order valence-electron chi connectivity index (χ0n) is 9.58. The number of benzene rings is 1. The molecule has 0 aromatic heterocycles. The Balaban J connectivity index is 2.65. The second-order valence-electron chi connectivity index (χ2n) is 3.69. The van der Waals surface area contributed by atoms with E-state index >= 15 is 0 Å². The third-order valence-electron chi connectivity index (χ3n) is 2.27. The maximum absolute atomic E-state index is 13.1. The highest BCUT2D eigenvalue weighted by Gasteiger charge is 2.11. The Hall–Kier alpha value is -1.62. The quantitative estimate of drug-likeness (QED) is 0.619. The van der Waals surface area contributed by atoms with Gasteiger partial charge in [0.2, 0.25) is 5.91 Å². The van der Waals surface area contributed by atoms with Crippen LogP contribution in [0.5, 0.6) is 0 Å². The molecule has 0 aliphatic heterocycles. The van der Waals surface area contributed by atoms with Crippen LogP contribution in [0.15, 0.2) is 18.2 Å². The summed E-state index contributed by atoms with van der Waals surface area (Å²) in [5.41, 5.74) is -0.196. The molecule has 0 unspecified atom stereocenters. The lowest BCUT2D eigenvalue weighted by Crippen LogP contribution is -2.12. The van der Waals surface area contributed by atoms with Crippen molar-refractivity contribution < 1.29 is 19.1 Å². The van der Waals surface area contributed by atoms with Crippen LogP contribution in [0.1, 0.15) is 29.6 Å². The van der Waals surface area contributed by atoms with Gasteiger partial charge in [0.05, 0.1) is 5.56 Å². The Bertz CT molecular complexity index is 451. The number of halogens is 2. The van der Waals surface area contributed by atoms with Crippen LogP contribution in [-0.4, -0.2) is 22.9 Å². The summed E-state index contributed by atoms with van der Waals surface area (Å²) in [5.74, 6) is -1.95. The fourth-order valence-electron chi connectivity index (χ4n) is 1.37. The van der Waals surface area contributed by atoms with Gasteiger partial charge in [0.1, 0.15) is 5.82 Å². The maximum Gasteiger partial charge on any atom is 0.338 e. The second-order valence-corrected chi connectivity index (χ2v) is 4.07. The molecule has 0 heterocycles. The highest BCUT2D eigenvalue weighted by Crippen LogP contribution is 2.15. The summed E-state index contributed by atoms with van der Waals surface area (Å²) in [5, 5.41) is 11.2. The fraction of sp³-hybridized carbons (Fsp3) is 0.333. The number of nitrogens with one attached hydrogen (secondary N) is 1. The number of amides is 1. The molecule has 0 fully saturated rings. The second kappa shape index (κ2) is 6.96. The predicted molar refractivity (Wildman–Crippen MR) is 66.6 cm³/mol. The van der Waals surface area contributed by atoms with Crippen molar-refractivity contribution >= 4 is 29.2 Å². The molecule has 98 valence electrons.